The van der Waals surface area contributed by atoms with E-state index in [9.17, 15) is 15.0 Å². The van der Waals surface area contributed by atoms with Crippen LogP contribution >= 0.6 is 0 Å². The number of β-amino-alcohol motifs (C(OH)–C–C–N with tert-alkyl or cyclic N) is 1. The van der Waals surface area contributed by atoms with Crippen molar-refractivity contribution in [3.8, 4) is 5.75 Å². The maximum Gasteiger partial charge on any atom is 0.255 e. The molecule has 2 heterocycles. The number of likely N-dealkylation sites (tertiary alicyclic amines) is 1. The van der Waals surface area contributed by atoms with Crippen LogP contribution in [0.25, 0.3) is 0 Å². The van der Waals surface area contributed by atoms with Crippen LogP contribution in [0.2, 0.25) is 0 Å². The minimum Gasteiger partial charge on any atom is -0.506 e. The predicted molar refractivity (Wildman–Crippen MR) is 59.5 cm³/mol. The van der Waals surface area contributed by atoms with Gasteiger partial charge in [-0.3, -0.25) is 9.78 Å². The van der Waals surface area contributed by atoms with Crippen LogP contribution in [0.4, 0.5) is 0 Å². The van der Waals surface area contributed by atoms with E-state index >= 15 is 0 Å². The van der Waals surface area contributed by atoms with E-state index < -0.39 is 5.60 Å². The first-order chi connectivity index (χ1) is 8.08. The second-order valence-corrected chi connectivity index (χ2v) is 4.97. The smallest absolute Gasteiger partial charge is 0.255 e. The molecule has 2 aliphatic rings. The number of hydrogen-bond acceptors (Lipinski definition) is 4. The van der Waals surface area contributed by atoms with Gasteiger partial charge in [0.2, 0.25) is 0 Å². The van der Waals surface area contributed by atoms with E-state index in [-0.39, 0.29) is 11.7 Å². The molecule has 1 saturated carbocycles. The fourth-order valence-electron chi connectivity index (χ4n) is 2.36. The zero-order valence-corrected chi connectivity index (χ0v) is 9.33. The van der Waals surface area contributed by atoms with Crippen LogP contribution in [0.15, 0.2) is 18.5 Å². The van der Waals surface area contributed by atoms with E-state index in [1.54, 1.807) is 4.90 Å². The van der Waals surface area contributed by atoms with Crippen LogP contribution in [0.5, 0.6) is 5.75 Å². The zero-order chi connectivity index (χ0) is 12.0. The van der Waals surface area contributed by atoms with Crippen LogP contribution in [0, 0.1) is 5.92 Å². The SMILES string of the molecule is O=C(c1cncc(O)c1)N1CC(O)(C2CC2)C1. The minimum atomic E-state index is -0.667. The summed E-state index contributed by atoms with van der Waals surface area (Å²) < 4.78 is 0. The maximum absolute atomic E-state index is 12.0. The topological polar surface area (TPSA) is 73.7 Å². The minimum absolute atomic E-state index is 0.0196. The Morgan fingerprint density at radius 1 is 1.41 bits per heavy atom. The lowest BCUT2D eigenvalue weighted by molar-refractivity contribution is -0.0958. The average molecular weight is 234 g/mol. The lowest BCUT2D eigenvalue weighted by Gasteiger charge is -2.46. The third kappa shape index (κ3) is 1.76. The van der Waals surface area contributed by atoms with Gasteiger partial charge in [0.15, 0.2) is 0 Å². The van der Waals surface area contributed by atoms with E-state index in [1.165, 1.54) is 18.5 Å². The van der Waals surface area contributed by atoms with Gasteiger partial charge in [0.05, 0.1) is 24.8 Å². The summed E-state index contributed by atoms with van der Waals surface area (Å²) in [5.41, 5.74) is -0.303. The van der Waals surface area contributed by atoms with E-state index in [0.29, 0.717) is 24.6 Å². The highest BCUT2D eigenvalue weighted by molar-refractivity contribution is 5.95. The first-order valence-corrected chi connectivity index (χ1v) is 5.74. The van der Waals surface area contributed by atoms with Gasteiger partial charge < -0.3 is 15.1 Å². The number of aliphatic hydroxyl groups is 1. The van der Waals surface area contributed by atoms with E-state index in [1.807, 2.05) is 0 Å². The number of pyridine rings is 1. The Morgan fingerprint density at radius 2 is 2.12 bits per heavy atom. The third-order valence-electron chi connectivity index (χ3n) is 3.52. The van der Waals surface area contributed by atoms with E-state index in [2.05, 4.69) is 4.98 Å². The van der Waals surface area contributed by atoms with Gasteiger partial charge in [-0.15, -0.1) is 0 Å². The highest BCUT2D eigenvalue weighted by Gasteiger charge is 2.53. The van der Waals surface area contributed by atoms with Crippen molar-refractivity contribution in [2.24, 2.45) is 5.92 Å². The molecule has 0 aromatic carbocycles. The molecular formula is C12H14N2O3. The van der Waals surface area contributed by atoms with Gasteiger partial charge in [0.1, 0.15) is 11.4 Å². The lowest BCUT2D eigenvalue weighted by Crippen LogP contribution is -2.64. The molecule has 0 spiro atoms. The first kappa shape index (κ1) is 10.5. The van der Waals surface area contributed by atoms with E-state index in [0.717, 1.165) is 12.8 Å². The Kier molecular flexibility index (Phi) is 2.13. The summed E-state index contributed by atoms with van der Waals surface area (Å²) >= 11 is 0. The molecule has 17 heavy (non-hydrogen) atoms. The number of carbonyl (C=O) groups is 1. The van der Waals surface area contributed by atoms with Crippen molar-refractivity contribution in [1.82, 2.24) is 9.88 Å². The third-order valence-corrected chi connectivity index (χ3v) is 3.52. The molecule has 5 nitrogen and oxygen atoms in total. The van der Waals surface area contributed by atoms with Crippen molar-refractivity contribution >= 4 is 5.91 Å². The molecule has 2 fully saturated rings. The summed E-state index contributed by atoms with van der Waals surface area (Å²) in [6.07, 6.45) is 4.84. The molecule has 3 rings (SSSR count). The maximum atomic E-state index is 12.0. The quantitative estimate of drug-likeness (QED) is 0.776. The van der Waals surface area contributed by atoms with Crippen LogP contribution < -0.4 is 0 Å². The highest BCUT2D eigenvalue weighted by atomic mass is 16.3. The molecular weight excluding hydrogens is 220 g/mol. The monoisotopic (exact) mass is 234 g/mol. The molecule has 0 unspecified atom stereocenters. The van der Waals surface area contributed by atoms with Gasteiger partial charge in [-0.25, -0.2) is 0 Å². The summed E-state index contributed by atoms with van der Waals surface area (Å²) in [5, 5.41) is 19.4. The van der Waals surface area contributed by atoms with Crippen molar-refractivity contribution in [2.75, 3.05) is 13.1 Å². The van der Waals surface area contributed by atoms with Crippen LogP contribution in [0.3, 0.4) is 0 Å². The molecule has 2 N–H and O–H groups in total. The molecule has 1 aliphatic carbocycles. The number of amides is 1. The number of aromatic nitrogens is 1. The van der Waals surface area contributed by atoms with Crippen molar-refractivity contribution < 1.29 is 15.0 Å². The Bertz CT molecular complexity index is 465. The lowest BCUT2D eigenvalue weighted by atomic mass is 9.88. The Morgan fingerprint density at radius 3 is 2.71 bits per heavy atom. The van der Waals surface area contributed by atoms with Gasteiger partial charge in [0.25, 0.3) is 5.91 Å². The van der Waals surface area contributed by atoms with Gasteiger partial charge in [-0.2, -0.15) is 0 Å². The standard InChI is InChI=1S/C12H14N2O3/c15-10-3-8(4-13-5-10)11(16)14-6-12(17,7-14)9-1-2-9/h3-5,9,15,17H,1-2,6-7H2. The van der Waals surface area contributed by atoms with Gasteiger partial charge >= 0.3 is 0 Å². The first-order valence-electron chi connectivity index (χ1n) is 5.74. The number of hydrogen-bond donors (Lipinski definition) is 2. The fraction of sp³-hybridized carbons (Fsp3) is 0.500. The number of aromatic hydroxyl groups is 1. The second kappa shape index (κ2) is 3.43. The van der Waals surface area contributed by atoms with Crippen molar-refractivity contribution in [3.05, 3.63) is 24.0 Å². The summed E-state index contributed by atoms with van der Waals surface area (Å²) in [6, 6.07) is 1.39. The number of rotatable bonds is 2. The average Bonchev–Trinajstić information content (AvgIpc) is 3.08. The van der Waals surface area contributed by atoms with Crippen molar-refractivity contribution in [1.29, 1.82) is 0 Å². The zero-order valence-electron chi connectivity index (χ0n) is 9.33. The van der Waals surface area contributed by atoms with Gasteiger partial charge in [0, 0.05) is 6.20 Å². The summed E-state index contributed by atoms with van der Waals surface area (Å²) in [7, 11) is 0. The Hall–Kier alpha value is -1.62. The molecule has 0 radical (unpaired) electrons. The van der Waals surface area contributed by atoms with Gasteiger partial charge in [-0.1, -0.05) is 0 Å². The Balaban J connectivity index is 1.69. The molecule has 1 aliphatic heterocycles. The van der Waals surface area contributed by atoms with E-state index in [4.69, 9.17) is 0 Å². The Labute approximate surface area is 98.7 Å². The molecule has 0 atom stereocenters. The normalized spacial score (nSPS) is 22.1. The molecule has 1 saturated heterocycles. The van der Waals surface area contributed by atoms with Crippen LogP contribution in [-0.4, -0.2) is 44.7 Å². The summed E-state index contributed by atoms with van der Waals surface area (Å²) in [4.78, 5) is 17.3. The number of carbonyl (C=O) groups excluding carboxylic acids is 1. The molecule has 1 aromatic heterocycles. The van der Waals surface area contributed by atoms with Crippen LogP contribution in [0.1, 0.15) is 23.2 Å². The molecule has 0 bridgehead atoms. The van der Waals surface area contributed by atoms with Crippen molar-refractivity contribution in [3.63, 3.8) is 0 Å². The van der Waals surface area contributed by atoms with Gasteiger partial charge in [-0.05, 0) is 24.8 Å². The molecule has 5 heteroatoms. The molecule has 1 amide bonds. The highest BCUT2D eigenvalue weighted by Crippen LogP contribution is 2.44. The van der Waals surface area contributed by atoms with Crippen molar-refractivity contribution in [2.45, 2.75) is 18.4 Å². The second-order valence-electron chi connectivity index (χ2n) is 4.97. The fourth-order valence-corrected chi connectivity index (χ4v) is 2.36. The molecule has 1 aromatic rings. The largest absolute Gasteiger partial charge is 0.506 e. The molecule has 90 valence electrons. The number of nitrogens with zero attached hydrogens (tertiary/aromatic N) is 2. The summed E-state index contributed by atoms with van der Waals surface area (Å²) in [5.74, 6) is 0.168. The predicted octanol–water partition coefficient (Wildman–Crippen LogP) is 0.384. The van der Waals surface area contributed by atoms with Crippen LogP contribution in [-0.2, 0) is 0 Å². The summed E-state index contributed by atoms with van der Waals surface area (Å²) in [6.45, 7) is 0.790.